The van der Waals surface area contributed by atoms with Crippen LogP contribution < -0.4 is 10.6 Å². The standard InChI is InChI=1S/C24H27F3N2O3/c1-16(18-8-7-11-20(12-18)24(25,26)27)32-15-23(19-9-5-4-6-10-19)13-22(3,14-23)29-21(31)28-17(2)30/h4-12,16H,13-15H2,1-3H3,(H2,28,29,30,31). The van der Waals surface area contributed by atoms with Crippen molar-refractivity contribution < 1.29 is 27.5 Å². The first kappa shape index (κ1) is 23.8. The molecule has 5 nitrogen and oxygen atoms in total. The van der Waals surface area contributed by atoms with Crippen molar-refractivity contribution in [1.82, 2.24) is 10.6 Å². The highest BCUT2D eigenvalue weighted by atomic mass is 19.4. The van der Waals surface area contributed by atoms with Crippen molar-refractivity contribution in [3.05, 3.63) is 71.3 Å². The molecule has 1 fully saturated rings. The Hall–Kier alpha value is -2.87. The molecule has 1 aliphatic carbocycles. The van der Waals surface area contributed by atoms with E-state index in [-0.39, 0.29) is 6.61 Å². The molecule has 0 spiro atoms. The van der Waals surface area contributed by atoms with Crippen LogP contribution in [0.2, 0.25) is 0 Å². The number of carbonyl (C=O) groups is 2. The summed E-state index contributed by atoms with van der Waals surface area (Å²) in [5, 5.41) is 5.05. The van der Waals surface area contributed by atoms with Gasteiger partial charge >= 0.3 is 12.2 Å². The Bertz CT molecular complexity index is 970. The predicted molar refractivity (Wildman–Crippen MR) is 114 cm³/mol. The lowest BCUT2D eigenvalue weighted by atomic mass is 9.55. The molecule has 1 aliphatic rings. The van der Waals surface area contributed by atoms with E-state index in [2.05, 4.69) is 10.6 Å². The van der Waals surface area contributed by atoms with Crippen LogP contribution in [-0.4, -0.2) is 24.1 Å². The van der Waals surface area contributed by atoms with Gasteiger partial charge in [0.2, 0.25) is 5.91 Å². The molecule has 3 amide bonds. The van der Waals surface area contributed by atoms with Crippen molar-refractivity contribution in [3.63, 3.8) is 0 Å². The van der Waals surface area contributed by atoms with E-state index in [9.17, 15) is 22.8 Å². The minimum absolute atomic E-state index is 0.278. The van der Waals surface area contributed by atoms with Gasteiger partial charge in [0.25, 0.3) is 0 Å². The fourth-order valence-electron chi connectivity index (χ4n) is 4.53. The summed E-state index contributed by atoms with van der Waals surface area (Å²) in [5.74, 6) is -0.446. The van der Waals surface area contributed by atoms with Crippen LogP contribution in [0, 0.1) is 0 Å². The number of amides is 3. The number of hydrogen-bond donors (Lipinski definition) is 2. The first-order valence-corrected chi connectivity index (χ1v) is 10.4. The van der Waals surface area contributed by atoms with Crippen LogP contribution in [0.3, 0.4) is 0 Å². The van der Waals surface area contributed by atoms with Crippen LogP contribution in [0.25, 0.3) is 0 Å². The zero-order valence-electron chi connectivity index (χ0n) is 18.3. The van der Waals surface area contributed by atoms with Crippen LogP contribution in [-0.2, 0) is 21.1 Å². The molecule has 2 N–H and O–H groups in total. The number of ether oxygens (including phenoxy) is 1. The number of rotatable bonds is 6. The Morgan fingerprint density at radius 1 is 1.09 bits per heavy atom. The molecule has 0 aliphatic heterocycles. The highest BCUT2D eigenvalue weighted by Gasteiger charge is 2.54. The van der Waals surface area contributed by atoms with E-state index in [0.29, 0.717) is 18.4 Å². The minimum Gasteiger partial charge on any atom is -0.373 e. The summed E-state index contributed by atoms with van der Waals surface area (Å²) < 4.78 is 45.2. The Labute approximate surface area is 185 Å². The molecule has 0 aromatic heterocycles. The van der Waals surface area contributed by atoms with Gasteiger partial charge in [0.05, 0.1) is 18.3 Å². The molecule has 2 aromatic carbocycles. The number of carbonyl (C=O) groups excluding carboxylic acids is 2. The van der Waals surface area contributed by atoms with Crippen molar-refractivity contribution in [2.75, 3.05) is 6.61 Å². The number of halogens is 3. The van der Waals surface area contributed by atoms with E-state index in [1.165, 1.54) is 13.0 Å². The van der Waals surface area contributed by atoms with E-state index >= 15 is 0 Å². The van der Waals surface area contributed by atoms with Crippen LogP contribution in [0.4, 0.5) is 18.0 Å². The third-order valence-electron chi connectivity index (χ3n) is 5.84. The van der Waals surface area contributed by atoms with E-state index in [0.717, 1.165) is 17.7 Å². The summed E-state index contributed by atoms with van der Waals surface area (Å²) in [7, 11) is 0. The van der Waals surface area contributed by atoms with Crippen molar-refractivity contribution in [2.24, 2.45) is 0 Å². The molecule has 8 heteroatoms. The Balaban J connectivity index is 1.73. The highest BCUT2D eigenvalue weighted by molar-refractivity contribution is 5.93. The molecule has 172 valence electrons. The van der Waals surface area contributed by atoms with Gasteiger partial charge in [-0.15, -0.1) is 0 Å². The van der Waals surface area contributed by atoms with E-state index in [4.69, 9.17) is 4.74 Å². The minimum atomic E-state index is -4.41. The second-order valence-electron chi connectivity index (χ2n) is 8.77. The largest absolute Gasteiger partial charge is 0.416 e. The van der Waals surface area contributed by atoms with E-state index in [1.807, 2.05) is 37.3 Å². The molecular weight excluding hydrogens is 421 g/mol. The Morgan fingerprint density at radius 3 is 2.34 bits per heavy atom. The van der Waals surface area contributed by atoms with Crippen molar-refractivity contribution in [2.45, 2.75) is 56.8 Å². The smallest absolute Gasteiger partial charge is 0.373 e. The van der Waals surface area contributed by atoms with Crippen LogP contribution in [0.1, 0.15) is 56.4 Å². The van der Waals surface area contributed by atoms with Gasteiger partial charge in [-0.1, -0.05) is 42.5 Å². The van der Waals surface area contributed by atoms with Gasteiger partial charge in [-0.25, -0.2) is 4.79 Å². The molecule has 3 rings (SSSR count). The van der Waals surface area contributed by atoms with Crippen molar-refractivity contribution in [3.8, 4) is 0 Å². The first-order valence-electron chi connectivity index (χ1n) is 10.4. The number of hydrogen-bond acceptors (Lipinski definition) is 3. The Morgan fingerprint density at radius 2 is 1.75 bits per heavy atom. The summed E-state index contributed by atoms with van der Waals surface area (Å²) in [5.41, 5.74) is -0.181. The van der Waals surface area contributed by atoms with Gasteiger partial charge in [0, 0.05) is 17.9 Å². The highest BCUT2D eigenvalue weighted by Crippen LogP contribution is 2.51. The van der Waals surface area contributed by atoms with Crippen LogP contribution >= 0.6 is 0 Å². The molecule has 1 saturated carbocycles. The SMILES string of the molecule is CC(=O)NC(=O)NC1(C)CC(COC(C)c2cccc(C(F)(F)F)c2)(c2ccccc2)C1. The van der Waals surface area contributed by atoms with Gasteiger partial charge in [-0.05, 0) is 49.9 Å². The molecule has 2 aromatic rings. The fourth-order valence-corrected chi connectivity index (χ4v) is 4.53. The number of imide groups is 1. The molecule has 1 atom stereocenters. The second-order valence-corrected chi connectivity index (χ2v) is 8.77. The molecule has 32 heavy (non-hydrogen) atoms. The average Bonchev–Trinajstić information content (AvgIpc) is 2.69. The zero-order chi connectivity index (χ0) is 23.6. The molecular formula is C24H27F3N2O3. The summed E-state index contributed by atoms with van der Waals surface area (Å²) in [4.78, 5) is 23.1. The van der Waals surface area contributed by atoms with Gasteiger partial charge in [-0.2, -0.15) is 13.2 Å². The van der Waals surface area contributed by atoms with Crippen LogP contribution in [0.5, 0.6) is 0 Å². The topological polar surface area (TPSA) is 67.4 Å². The summed E-state index contributed by atoms with van der Waals surface area (Å²) in [6.45, 7) is 5.16. The number of alkyl halides is 3. The molecule has 0 bridgehead atoms. The van der Waals surface area contributed by atoms with Crippen molar-refractivity contribution >= 4 is 11.9 Å². The number of nitrogens with one attached hydrogen (secondary N) is 2. The van der Waals surface area contributed by atoms with Gasteiger partial charge in [0.15, 0.2) is 0 Å². The third-order valence-corrected chi connectivity index (χ3v) is 5.84. The maximum atomic E-state index is 13.1. The third kappa shape index (κ3) is 5.48. The lowest BCUT2D eigenvalue weighted by Gasteiger charge is -2.55. The van der Waals surface area contributed by atoms with E-state index in [1.54, 1.807) is 13.0 Å². The van der Waals surface area contributed by atoms with Gasteiger partial charge < -0.3 is 10.1 Å². The lowest BCUT2D eigenvalue weighted by Crippen LogP contribution is -2.65. The monoisotopic (exact) mass is 448 g/mol. The fraction of sp³-hybridized carbons (Fsp3) is 0.417. The zero-order valence-corrected chi connectivity index (χ0v) is 18.3. The van der Waals surface area contributed by atoms with Crippen LogP contribution in [0.15, 0.2) is 54.6 Å². The number of urea groups is 1. The molecule has 0 saturated heterocycles. The predicted octanol–water partition coefficient (Wildman–Crippen LogP) is 5.12. The summed E-state index contributed by atoms with van der Waals surface area (Å²) >= 11 is 0. The Kier molecular flexibility index (Phi) is 6.64. The average molecular weight is 448 g/mol. The lowest BCUT2D eigenvalue weighted by molar-refractivity contribution is -0.137. The summed E-state index contributed by atoms with van der Waals surface area (Å²) in [6, 6.07) is 14.3. The maximum absolute atomic E-state index is 13.1. The second kappa shape index (κ2) is 8.94. The first-order chi connectivity index (χ1) is 14.9. The van der Waals surface area contributed by atoms with E-state index < -0.39 is 40.7 Å². The summed E-state index contributed by atoms with van der Waals surface area (Å²) in [6.07, 6.45) is -3.84. The number of benzene rings is 2. The quantitative estimate of drug-likeness (QED) is 0.645. The maximum Gasteiger partial charge on any atom is 0.416 e. The van der Waals surface area contributed by atoms with Crippen molar-refractivity contribution in [1.29, 1.82) is 0 Å². The molecule has 0 heterocycles. The molecule has 1 unspecified atom stereocenters. The van der Waals surface area contributed by atoms with Gasteiger partial charge in [0.1, 0.15) is 0 Å². The normalized spacial score (nSPS) is 23.7. The molecule has 0 radical (unpaired) electrons. The van der Waals surface area contributed by atoms with Gasteiger partial charge in [-0.3, -0.25) is 10.1 Å².